The quantitative estimate of drug-likeness (QED) is 0.782. The van der Waals surface area contributed by atoms with E-state index in [1.165, 1.54) is 6.20 Å². The van der Waals surface area contributed by atoms with Crippen LogP contribution in [0.25, 0.3) is 11.0 Å². The number of aromatic nitrogens is 3. The van der Waals surface area contributed by atoms with Crippen LogP contribution >= 0.6 is 0 Å². The third-order valence-corrected chi connectivity index (χ3v) is 3.17. The van der Waals surface area contributed by atoms with Gasteiger partial charge in [-0.1, -0.05) is 0 Å². The van der Waals surface area contributed by atoms with Crippen molar-refractivity contribution < 1.29 is 4.79 Å². The van der Waals surface area contributed by atoms with Gasteiger partial charge in [0.1, 0.15) is 5.82 Å². The fourth-order valence-electron chi connectivity index (χ4n) is 2.19. The van der Waals surface area contributed by atoms with E-state index < -0.39 is 0 Å². The van der Waals surface area contributed by atoms with Gasteiger partial charge in [-0.05, 0) is 49.7 Å². The molecule has 0 radical (unpaired) electrons. The zero-order valence-electron chi connectivity index (χ0n) is 11.8. The van der Waals surface area contributed by atoms with Crippen molar-refractivity contribution in [3.8, 4) is 0 Å². The molecule has 3 rings (SSSR count). The second-order valence-electron chi connectivity index (χ2n) is 4.84. The summed E-state index contributed by atoms with van der Waals surface area (Å²) in [7, 11) is 0. The Kier molecular flexibility index (Phi) is 3.31. The van der Waals surface area contributed by atoms with E-state index in [1.807, 2.05) is 26.0 Å². The summed E-state index contributed by atoms with van der Waals surface area (Å²) >= 11 is 0. The standard InChI is InChI=1S/C16H14N4O/c1-10-8-11(2)18-15-13(10)5-6-14(19-15)20-16(21)12-4-3-7-17-9-12/h3-9H,1-2H3,(H,18,19,20,21). The van der Waals surface area contributed by atoms with Crippen molar-refractivity contribution in [1.82, 2.24) is 15.0 Å². The Morgan fingerprint density at radius 2 is 2.00 bits per heavy atom. The van der Waals surface area contributed by atoms with E-state index in [1.54, 1.807) is 24.4 Å². The summed E-state index contributed by atoms with van der Waals surface area (Å²) in [5.74, 6) is 0.244. The molecule has 21 heavy (non-hydrogen) atoms. The Morgan fingerprint density at radius 3 is 2.76 bits per heavy atom. The molecule has 0 saturated carbocycles. The number of rotatable bonds is 2. The number of pyridine rings is 3. The fraction of sp³-hybridized carbons (Fsp3) is 0.125. The first kappa shape index (κ1) is 13.2. The molecule has 0 fully saturated rings. The number of anilines is 1. The number of aryl methyl sites for hydroxylation is 2. The van der Waals surface area contributed by atoms with Crippen molar-refractivity contribution in [2.45, 2.75) is 13.8 Å². The molecule has 0 aliphatic rings. The second-order valence-corrected chi connectivity index (χ2v) is 4.84. The molecule has 1 amide bonds. The van der Waals surface area contributed by atoms with Gasteiger partial charge in [0.15, 0.2) is 5.65 Å². The number of nitrogens with one attached hydrogen (secondary N) is 1. The molecular weight excluding hydrogens is 264 g/mol. The van der Waals surface area contributed by atoms with Crippen molar-refractivity contribution in [3.05, 3.63) is 59.5 Å². The Hall–Kier alpha value is -2.82. The lowest BCUT2D eigenvalue weighted by molar-refractivity contribution is 0.102. The average Bonchev–Trinajstić information content (AvgIpc) is 2.47. The van der Waals surface area contributed by atoms with Gasteiger partial charge in [-0.2, -0.15) is 0 Å². The van der Waals surface area contributed by atoms with Crippen LogP contribution in [0, 0.1) is 13.8 Å². The monoisotopic (exact) mass is 278 g/mol. The zero-order chi connectivity index (χ0) is 14.8. The van der Waals surface area contributed by atoms with Gasteiger partial charge in [-0.3, -0.25) is 9.78 Å². The summed E-state index contributed by atoms with van der Waals surface area (Å²) < 4.78 is 0. The SMILES string of the molecule is Cc1cc(C)c2ccc(NC(=O)c3cccnc3)nc2n1. The number of fused-ring (bicyclic) bond motifs is 1. The third-order valence-electron chi connectivity index (χ3n) is 3.17. The summed E-state index contributed by atoms with van der Waals surface area (Å²) in [6, 6.07) is 9.13. The first-order valence-corrected chi connectivity index (χ1v) is 6.60. The number of carbonyl (C=O) groups excluding carboxylic acids is 1. The molecular formula is C16H14N4O. The van der Waals surface area contributed by atoms with Gasteiger partial charge in [-0.15, -0.1) is 0 Å². The highest BCUT2D eigenvalue weighted by Gasteiger charge is 2.08. The molecule has 3 aromatic heterocycles. The number of hydrogen-bond acceptors (Lipinski definition) is 4. The van der Waals surface area contributed by atoms with Gasteiger partial charge in [0.25, 0.3) is 5.91 Å². The van der Waals surface area contributed by atoms with Gasteiger partial charge < -0.3 is 5.32 Å². The van der Waals surface area contributed by atoms with Crippen LogP contribution in [-0.2, 0) is 0 Å². The predicted molar refractivity (Wildman–Crippen MR) is 81.2 cm³/mol. The summed E-state index contributed by atoms with van der Waals surface area (Å²) in [6.45, 7) is 3.95. The Balaban J connectivity index is 1.93. The normalized spacial score (nSPS) is 10.6. The second kappa shape index (κ2) is 5.28. The molecule has 0 spiro atoms. The minimum absolute atomic E-state index is 0.237. The molecule has 0 bridgehead atoms. The lowest BCUT2D eigenvalue weighted by atomic mass is 10.1. The van der Waals surface area contributed by atoms with E-state index in [4.69, 9.17) is 0 Å². The summed E-state index contributed by atoms with van der Waals surface area (Å²) in [5, 5.41) is 3.75. The molecule has 3 aromatic rings. The van der Waals surface area contributed by atoms with Gasteiger partial charge in [0, 0.05) is 23.5 Å². The first-order chi connectivity index (χ1) is 10.1. The molecule has 1 N–H and O–H groups in total. The number of carbonyl (C=O) groups is 1. The van der Waals surface area contributed by atoms with E-state index in [2.05, 4.69) is 20.3 Å². The van der Waals surface area contributed by atoms with E-state index >= 15 is 0 Å². The molecule has 0 aliphatic carbocycles. The highest BCUT2D eigenvalue weighted by atomic mass is 16.1. The van der Waals surface area contributed by atoms with Crippen LogP contribution in [0.15, 0.2) is 42.7 Å². The maximum Gasteiger partial charge on any atom is 0.258 e. The summed E-state index contributed by atoms with van der Waals surface area (Å²) in [5.41, 5.74) is 3.16. The molecule has 0 aromatic carbocycles. The van der Waals surface area contributed by atoms with Crippen LogP contribution in [0.1, 0.15) is 21.6 Å². The topological polar surface area (TPSA) is 67.8 Å². The van der Waals surface area contributed by atoms with Gasteiger partial charge in [-0.25, -0.2) is 9.97 Å². The van der Waals surface area contributed by atoms with Crippen molar-refractivity contribution in [2.24, 2.45) is 0 Å². The van der Waals surface area contributed by atoms with Crippen molar-refractivity contribution in [2.75, 3.05) is 5.32 Å². The van der Waals surface area contributed by atoms with Crippen LogP contribution in [-0.4, -0.2) is 20.9 Å². The number of hydrogen-bond donors (Lipinski definition) is 1. The lowest BCUT2D eigenvalue weighted by Crippen LogP contribution is -2.13. The van der Waals surface area contributed by atoms with Crippen LogP contribution in [0.3, 0.4) is 0 Å². The van der Waals surface area contributed by atoms with Gasteiger partial charge in [0.05, 0.1) is 5.56 Å². The summed E-state index contributed by atoms with van der Waals surface area (Å²) in [6.07, 6.45) is 3.14. The minimum Gasteiger partial charge on any atom is -0.306 e. The lowest BCUT2D eigenvalue weighted by Gasteiger charge is -2.07. The molecule has 0 saturated heterocycles. The first-order valence-electron chi connectivity index (χ1n) is 6.60. The van der Waals surface area contributed by atoms with E-state index in [-0.39, 0.29) is 5.91 Å². The maximum atomic E-state index is 12.1. The third kappa shape index (κ3) is 2.72. The van der Waals surface area contributed by atoms with Crippen LogP contribution in [0.4, 0.5) is 5.82 Å². The van der Waals surface area contributed by atoms with Crippen LogP contribution in [0.5, 0.6) is 0 Å². The van der Waals surface area contributed by atoms with Gasteiger partial charge >= 0.3 is 0 Å². The van der Waals surface area contributed by atoms with E-state index in [0.29, 0.717) is 17.0 Å². The molecule has 5 heteroatoms. The highest BCUT2D eigenvalue weighted by Crippen LogP contribution is 2.18. The fourth-order valence-corrected chi connectivity index (χ4v) is 2.19. The smallest absolute Gasteiger partial charge is 0.258 e. The zero-order valence-corrected chi connectivity index (χ0v) is 11.8. The van der Waals surface area contributed by atoms with Crippen molar-refractivity contribution in [3.63, 3.8) is 0 Å². The van der Waals surface area contributed by atoms with Crippen LogP contribution in [0.2, 0.25) is 0 Å². The molecule has 0 atom stereocenters. The Morgan fingerprint density at radius 1 is 1.14 bits per heavy atom. The molecule has 0 unspecified atom stereocenters. The van der Waals surface area contributed by atoms with Crippen molar-refractivity contribution in [1.29, 1.82) is 0 Å². The number of amides is 1. The largest absolute Gasteiger partial charge is 0.306 e. The number of nitrogens with zero attached hydrogens (tertiary/aromatic N) is 3. The predicted octanol–water partition coefficient (Wildman–Crippen LogP) is 2.89. The van der Waals surface area contributed by atoms with Crippen LogP contribution < -0.4 is 5.32 Å². The van der Waals surface area contributed by atoms with E-state index in [9.17, 15) is 4.79 Å². The van der Waals surface area contributed by atoms with Crippen molar-refractivity contribution >= 4 is 22.8 Å². The summed E-state index contributed by atoms with van der Waals surface area (Å²) in [4.78, 5) is 24.8. The molecule has 3 heterocycles. The minimum atomic E-state index is -0.237. The molecule has 104 valence electrons. The highest BCUT2D eigenvalue weighted by molar-refractivity contribution is 6.03. The average molecular weight is 278 g/mol. The molecule has 0 aliphatic heterocycles. The Labute approximate surface area is 122 Å². The van der Waals surface area contributed by atoms with Gasteiger partial charge in [0.2, 0.25) is 0 Å². The molecule has 5 nitrogen and oxygen atoms in total. The maximum absolute atomic E-state index is 12.1. The van der Waals surface area contributed by atoms with E-state index in [0.717, 1.165) is 16.6 Å². The Bertz CT molecular complexity index is 815.